The lowest BCUT2D eigenvalue weighted by molar-refractivity contribution is 0.0950. The maximum Gasteiger partial charge on any atom is 0.261 e. The van der Waals surface area contributed by atoms with E-state index in [-0.39, 0.29) is 29.3 Å². The zero-order valence-corrected chi connectivity index (χ0v) is 16.8. The average Bonchev–Trinajstić information content (AvgIpc) is 3.46. The second-order valence-corrected chi connectivity index (χ2v) is 8.41. The Morgan fingerprint density at radius 2 is 1.78 bits per heavy atom. The van der Waals surface area contributed by atoms with Gasteiger partial charge in [0.25, 0.3) is 15.9 Å². The van der Waals surface area contributed by atoms with Gasteiger partial charge in [-0.2, -0.15) is 0 Å². The fourth-order valence-electron chi connectivity index (χ4n) is 2.54. The summed E-state index contributed by atoms with van der Waals surface area (Å²) < 4.78 is 27.3. The highest BCUT2D eigenvalue weighted by Crippen LogP contribution is 2.31. The monoisotopic (exact) mass is 429 g/mol. The van der Waals surface area contributed by atoms with Crippen molar-refractivity contribution in [1.29, 1.82) is 0 Å². The molecule has 1 unspecified atom stereocenters. The van der Waals surface area contributed by atoms with Crippen molar-refractivity contribution in [3.63, 3.8) is 0 Å². The van der Waals surface area contributed by atoms with Crippen LogP contribution in [-0.4, -0.2) is 26.9 Å². The number of amides is 1. The van der Waals surface area contributed by atoms with Crippen molar-refractivity contribution in [2.75, 3.05) is 11.3 Å². The summed E-state index contributed by atoms with van der Waals surface area (Å²) in [6, 6.07) is 12.2. The summed E-state index contributed by atoms with van der Waals surface area (Å²) in [4.78, 5) is 12.2. The Kier molecular flexibility index (Phi) is 7.11. The number of sulfonamides is 1. The molecule has 2 aromatic carbocycles. The molecule has 6 nitrogen and oxygen atoms in total. The molecular formula is C18H21Cl2N3O3S. The molecule has 0 heterocycles. The van der Waals surface area contributed by atoms with E-state index in [1.165, 1.54) is 24.3 Å². The Morgan fingerprint density at radius 3 is 2.37 bits per heavy atom. The SMILES string of the molecule is Cl.NC(CNC(=O)c1ccc(S(=O)(=O)Nc2ccccc2Cl)cc1)C1CC1. The Bertz CT molecular complexity index is 900. The molecule has 2 aromatic rings. The van der Waals surface area contributed by atoms with Crippen LogP contribution in [0, 0.1) is 5.92 Å². The molecule has 4 N–H and O–H groups in total. The minimum Gasteiger partial charge on any atom is -0.350 e. The maximum atomic E-state index is 12.4. The number of nitrogens with two attached hydrogens (primary N) is 1. The van der Waals surface area contributed by atoms with Crippen LogP contribution in [0.4, 0.5) is 5.69 Å². The van der Waals surface area contributed by atoms with Gasteiger partial charge in [-0.05, 0) is 55.2 Å². The van der Waals surface area contributed by atoms with Crippen LogP contribution in [0.3, 0.4) is 0 Å². The van der Waals surface area contributed by atoms with Crippen LogP contribution < -0.4 is 15.8 Å². The topological polar surface area (TPSA) is 101 Å². The number of carbonyl (C=O) groups is 1. The molecule has 0 bridgehead atoms. The second-order valence-electron chi connectivity index (χ2n) is 6.32. The number of hydrogen-bond acceptors (Lipinski definition) is 4. The number of halogens is 2. The van der Waals surface area contributed by atoms with Crippen molar-refractivity contribution < 1.29 is 13.2 Å². The second kappa shape index (κ2) is 8.93. The van der Waals surface area contributed by atoms with E-state index < -0.39 is 10.0 Å². The van der Waals surface area contributed by atoms with Crippen molar-refractivity contribution in [1.82, 2.24) is 5.32 Å². The van der Waals surface area contributed by atoms with Crippen LogP contribution in [0.5, 0.6) is 0 Å². The third-order valence-electron chi connectivity index (χ3n) is 4.27. The third kappa shape index (κ3) is 5.59. The smallest absolute Gasteiger partial charge is 0.261 e. The van der Waals surface area contributed by atoms with Gasteiger partial charge < -0.3 is 11.1 Å². The van der Waals surface area contributed by atoms with Crippen molar-refractivity contribution >= 4 is 45.6 Å². The van der Waals surface area contributed by atoms with E-state index in [1.807, 2.05) is 0 Å². The molecule has 0 spiro atoms. The number of hydrogen-bond donors (Lipinski definition) is 3. The van der Waals surface area contributed by atoms with E-state index in [4.69, 9.17) is 17.3 Å². The molecule has 1 aliphatic carbocycles. The lowest BCUT2D eigenvalue weighted by Gasteiger charge is -2.12. The predicted octanol–water partition coefficient (Wildman–Crippen LogP) is 3.03. The molecule has 146 valence electrons. The molecular weight excluding hydrogens is 409 g/mol. The molecule has 0 aromatic heterocycles. The predicted molar refractivity (Wildman–Crippen MR) is 109 cm³/mol. The molecule has 0 radical (unpaired) electrons. The number of anilines is 1. The molecule has 3 rings (SSSR count). The Balaban J connectivity index is 0.00000261. The van der Waals surface area contributed by atoms with Crippen LogP contribution in [0.25, 0.3) is 0 Å². The standard InChI is InChI=1S/C18H20ClN3O3S.ClH/c19-15-3-1-2-4-17(15)22-26(24,25)14-9-7-13(8-10-14)18(23)21-11-16(20)12-5-6-12;/h1-4,7-10,12,16,22H,5-6,11,20H2,(H,21,23);1H. The maximum absolute atomic E-state index is 12.4. The molecule has 1 amide bonds. The zero-order chi connectivity index (χ0) is 18.7. The van der Waals surface area contributed by atoms with E-state index in [0.29, 0.717) is 28.7 Å². The first-order valence-electron chi connectivity index (χ1n) is 8.28. The van der Waals surface area contributed by atoms with Crippen molar-refractivity contribution in [3.8, 4) is 0 Å². The van der Waals surface area contributed by atoms with Gasteiger partial charge in [-0.25, -0.2) is 8.42 Å². The van der Waals surface area contributed by atoms with Crippen molar-refractivity contribution in [2.24, 2.45) is 11.7 Å². The van der Waals surface area contributed by atoms with Gasteiger partial charge in [0, 0.05) is 18.2 Å². The summed E-state index contributed by atoms with van der Waals surface area (Å²) in [6.07, 6.45) is 2.23. The Labute approximate surface area is 169 Å². The first kappa shape index (κ1) is 21.5. The Hall–Kier alpha value is -1.80. The van der Waals surface area contributed by atoms with Crippen LogP contribution in [0.15, 0.2) is 53.4 Å². The largest absolute Gasteiger partial charge is 0.350 e. The lowest BCUT2D eigenvalue weighted by atomic mass is 10.2. The minimum atomic E-state index is -3.79. The molecule has 27 heavy (non-hydrogen) atoms. The van der Waals surface area contributed by atoms with Crippen molar-refractivity contribution in [3.05, 3.63) is 59.1 Å². The highest BCUT2D eigenvalue weighted by atomic mass is 35.5. The summed E-state index contributed by atoms with van der Waals surface area (Å²) in [5, 5.41) is 3.08. The number of para-hydroxylation sites is 1. The van der Waals surface area contributed by atoms with Gasteiger partial charge in [0.1, 0.15) is 0 Å². The van der Waals surface area contributed by atoms with Gasteiger partial charge in [-0.3, -0.25) is 9.52 Å². The average molecular weight is 430 g/mol. The molecule has 9 heteroatoms. The third-order valence-corrected chi connectivity index (χ3v) is 5.98. The van der Waals surface area contributed by atoms with E-state index in [1.54, 1.807) is 24.3 Å². The quantitative estimate of drug-likeness (QED) is 0.629. The molecule has 1 fully saturated rings. The fraction of sp³-hybridized carbons (Fsp3) is 0.278. The number of nitrogens with one attached hydrogen (secondary N) is 2. The molecule has 1 atom stereocenters. The summed E-state index contributed by atoms with van der Waals surface area (Å²) in [5.74, 6) is 0.225. The van der Waals surface area contributed by atoms with Gasteiger partial charge in [-0.1, -0.05) is 23.7 Å². The number of benzene rings is 2. The molecule has 1 saturated carbocycles. The first-order chi connectivity index (χ1) is 12.4. The van der Waals surface area contributed by atoms with E-state index in [0.717, 1.165) is 12.8 Å². The minimum absolute atomic E-state index is 0. The van der Waals surface area contributed by atoms with Gasteiger partial charge in [0.05, 0.1) is 15.6 Å². The van der Waals surface area contributed by atoms with Gasteiger partial charge in [-0.15, -0.1) is 12.4 Å². The summed E-state index contributed by atoms with van der Waals surface area (Å²) in [6.45, 7) is 0.414. The number of rotatable bonds is 7. The number of carbonyl (C=O) groups excluding carboxylic acids is 1. The molecule has 0 saturated heterocycles. The van der Waals surface area contributed by atoms with Crippen molar-refractivity contribution in [2.45, 2.75) is 23.8 Å². The van der Waals surface area contributed by atoms with Crippen LogP contribution in [0.1, 0.15) is 23.2 Å². The Morgan fingerprint density at radius 1 is 1.15 bits per heavy atom. The van der Waals surface area contributed by atoms with E-state index in [9.17, 15) is 13.2 Å². The molecule has 0 aliphatic heterocycles. The van der Waals surface area contributed by atoms with E-state index >= 15 is 0 Å². The lowest BCUT2D eigenvalue weighted by Crippen LogP contribution is -2.38. The van der Waals surface area contributed by atoms with Gasteiger partial charge in [0.15, 0.2) is 0 Å². The summed E-state index contributed by atoms with van der Waals surface area (Å²) in [7, 11) is -3.79. The van der Waals surface area contributed by atoms with Crippen LogP contribution in [0.2, 0.25) is 5.02 Å². The summed E-state index contributed by atoms with van der Waals surface area (Å²) in [5.41, 5.74) is 6.63. The van der Waals surface area contributed by atoms with Crippen LogP contribution in [-0.2, 0) is 10.0 Å². The first-order valence-corrected chi connectivity index (χ1v) is 10.1. The highest BCUT2D eigenvalue weighted by Gasteiger charge is 2.28. The van der Waals surface area contributed by atoms with Gasteiger partial charge >= 0.3 is 0 Å². The molecule has 1 aliphatic rings. The fourth-order valence-corrected chi connectivity index (χ4v) is 3.86. The highest BCUT2D eigenvalue weighted by molar-refractivity contribution is 7.92. The van der Waals surface area contributed by atoms with Gasteiger partial charge in [0.2, 0.25) is 0 Å². The van der Waals surface area contributed by atoms with Crippen LogP contribution >= 0.6 is 24.0 Å². The van der Waals surface area contributed by atoms with E-state index in [2.05, 4.69) is 10.0 Å². The zero-order valence-electron chi connectivity index (χ0n) is 14.4. The normalized spacial score (nSPS) is 14.7. The summed E-state index contributed by atoms with van der Waals surface area (Å²) >= 11 is 5.98.